The summed E-state index contributed by atoms with van der Waals surface area (Å²) in [7, 11) is 0. The number of fused-ring (bicyclic) bond motifs is 3. The van der Waals surface area contributed by atoms with Crippen LogP contribution >= 0.6 is 11.8 Å². The highest BCUT2D eigenvalue weighted by atomic mass is 32.2. The minimum Gasteiger partial charge on any atom is -0.326 e. The predicted molar refractivity (Wildman–Crippen MR) is 123 cm³/mol. The number of nitrogens with zero attached hydrogens (tertiary/aromatic N) is 1. The molecule has 4 nitrogen and oxygen atoms in total. The number of thioether (sulfide) groups is 1. The quantitative estimate of drug-likeness (QED) is 0.410. The number of para-hydroxylation sites is 2. The summed E-state index contributed by atoms with van der Waals surface area (Å²) < 4.78 is 1.83. The summed E-state index contributed by atoms with van der Waals surface area (Å²) in [6, 6.07) is 23.8. The maximum atomic E-state index is 13.5. The van der Waals surface area contributed by atoms with Crippen molar-refractivity contribution in [1.29, 1.82) is 0 Å². The van der Waals surface area contributed by atoms with Crippen molar-refractivity contribution in [2.75, 3.05) is 5.32 Å². The molecule has 1 saturated carbocycles. The zero-order valence-electron chi connectivity index (χ0n) is 16.7. The van der Waals surface area contributed by atoms with Crippen molar-refractivity contribution >= 4 is 51.1 Å². The molecule has 1 unspecified atom stereocenters. The molecule has 1 amide bonds. The van der Waals surface area contributed by atoms with E-state index < -0.39 is 0 Å². The van der Waals surface area contributed by atoms with Crippen LogP contribution in [0.3, 0.4) is 0 Å². The molecule has 1 aromatic heterocycles. The van der Waals surface area contributed by atoms with Gasteiger partial charge < -0.3 is 5.32 Å². The van der Waals surface area contributed by atoms with E-state index in [1.165, 1.54) is 11.8 Å². The van der Waals surface area contributed by atoms with E-state index in [0.717, 1.165) is 45.2 Å². The monoisotopic (exact) mass is 414 g/mol. The molecular formula is C25H22N2O2S. The zero-order chi connectivity index (χ0) is 20.7. The van der Waals surface area contributed by atoms with Gasteiger partial charge in [0.05, 0.1) is 16.3 Å². The molecule has 1 fully saturated rings. The Bertz CT molecular complexity index is 1220. The number of hydrogen-bond donors (Lipinski definition) is 1. The van der Waals surface area contributed by atoms with Crippen molar-refractivity contribution in [3.8, 4) is 0 Å². The highest BCUT2D eigenvalue weighted by Crippen LogP contribution is 2.33. The van der Waals surface area contributed by atoms with Gasteiger partial charge in [0, 0.05) is 27.3 Å². The summed E-state index contributed by atoms with van der Waals surface area (Å²) >= 11 is 1.51. The van der Waals surface area contributed by atoms with Crippen molar-refractivity contribution in [1.82, 2.24) is 4.57 Å². The summed E-state index contributed by atoms with van der Waals surface area (Å²) in [6.45, 7) is 1.94. The van der Waals surface area contributed by atoms with Crippen LogP contribution in [0.4, 0.5) is 5.69 Å². The molecule has 0 radical (unpaired) electrons. The van der Waals surface area contributed by atoms with Crippen molar-refractivity contribution in [2.24, 2.45) is 5.92 Å². The van der Waals surface area contributed by atoms with Gasteiger partial charge in [-0.1, -0.05) is 42.5 Å². The first-order valence-electron chi connectivity index (χ1n) is 10.2. The Labute approximate surface area is 179 Å². The second-order valence-corrected chi connectivity index (χ2v) is 9.17. The zero-order valence-corrected chi connectivity index (χ0v) is 17.5. The largest absolute Gasteiger partial charge is 0.326 e. The Hall–Kier alpha value is -3.05. The van der Waals surface area contributed by atoms with Crippen molar-refractivity contribution < 1.29 is 9.59 Å². The minimum absolute atomic E-state index is 0.0461. The van der Waals surface area contributed by atoms with Crippen LogP contribution in [-0.4, -0.2) is 21.6 Å². The van der Waals surface area contributed by atoms with Crippen LogP contribution in [0.15, 0.2) is 77.7 Å². The van der Waals surface area contributed by atoms with Gasteiger partial charge in [-0.2, -0.15) is 0 Å². The van der Waals surface area contributed by atoms with Gasteiger partial charge in [0.1, 0.15) is 0 Å². The highest BCUT2D eigenvalue weighted by Gasteiger charge is 2.29. The first-order chi connectivity index (χ1) is 14.6. The maximum Gasteiger partial charge on any atom is 0.244 e. The van der Waals surface area contributed by atoms with Crippen LogP contribution in [0.2, 0.25) is 0 Å². The van der Waals surface area contributed by atoms with Gasteiger partial charge in [-0.3, -0.25) is 14.2 Å². The fraction of sp³-hybridized carbons (Fsp3) is 0.200. The number of carbonyl (C=O) groups excluding carboxylic acids is 2. The van der Waals surface area contributed by atoms with Crippen LogP contribution in [0.25, 0.3) is 21.8 Å². The first kappa shape index (κ1) is 18.9. The van der Waals surface area contributed by atoms with E-state index in [0.29, 0.717) is 0 Å². The lowest BCUT2D eigenvalue weighted by Crippen LogP contribution is -2.21. The second kappa shape index (κ2) is 7.65. The molecule has 1 N–H and O–H groups in total. The predicted octanol–water partition coefficient (Wildman–Crippen LogP) is 5.96. The molecule has 0 saturated heterocycles. The lowest BCUT2D eigenvalue weighted by molar-refractivity contribution is -0.117. The normalized spacial score (nSPS) is 14.7. The average molecular weight is 415 g/mol. The fourth-order valence-electron chi connectivity index (χ4n) is 3.83. The van der Waals surface area contributed by atoms with E-state index in [4.69, 9.17) is 0 Å². The van der Waals surface area contributed by atoms with Gasteiger partial charge in [-0.05, 0) is 50.1 Å². The first-order valence-corrected chi connectivity index (χ1v) is 11.1. The van der Waals surface area contributed by atoms with Gasteiger partial charge in [0.15, 0.2) is 0 Å². The van der Waals surface area contributed by atoms with Crippen molar-refractivity contribution in [2.45, 2.75) is 29.9 Å². The molecule has 0 bridgehead atoms. The number of nitrogens with one attached hydrogen (secondary N) is 1. The van der Waals surface area contributed by atoms with Crippen LogP contribution in [0.5, 0.6) is 0 Å². The Kier molecular flexibility index (Phi) is 4.83. The Morgan fingerprint density at radius 1 is 0.933 bits per heavy atom. The molecule has 0 spiro atoms. The standard InChI is InChI=1S/C25H22N2O2S/c1-16(30-19-8-6-7-18(15-19)26-24(28)17-13-14-17)25(29)27-22-11-4-2-9-20(22)21-10-3-5-12-23(21)27/h2-12,15-17H,13-14H2,1H3,(H,26,28). The summed E-state index contributed by atoms with van der Waals surface area (Å²) in [4.78, 5) is 26.5. The van der Waals surface area contributed by atoms with Gasteiger partial charge in [-0.25, -0.2) is 0 Å². The van der Waals surface area contributed by atoms with Crippen molar-refractivity contribution in [3.63, 3.8) is 0 Å². The van der Waals surface area contributed by atoms with Crippen LogP contribution in [0, 0.1) is 5.92 Å². The second-order valence-electron chi connectivity index (χ2n) is 7.76. The average Bonchev–Trinajstić information content (AvgIpc) is 3.56. The van der Waals surface area contributed by atoms with Gasteiger partial charge >= 0.3 is 0 Å². The lowest BCUT2D eigenvalue weighted by atomic mass is 10.2. The highest BCUT2D eigenvalue weighted by molar-refractivity contribution is 8.00. The third kappa shape index (κ3) is 3.50. The molecule has 30 heavy (non-hydrogen) atoms. The third-order valence-corrected chi connectivity index (χ3v) is 6.59. The van der Waals surface area contributed by atoms with Crippen LogP contribution < -0.4 is 5.32 Å². The van der Waals surface area contributed by atoms with E-state index in [-0.39, 0.29) is 23.0 Å². The molecule has 1 aliphatic carbocycles. The Morgan fingerprint density at radius 3 is 2.20 bits per heavy atom. The minimum atomic E-state index is -0.279. The molecule has 5 rings (SSSR count). The van der Waals surface area contributed by atoms with Crippen LogP contribution in [-0.2, 0) is 4.79 Å². The summed E-state index contributed by atoms with van der Waals surface area (Å²) in [6.07, 6.45) is 1.95. The number of hydrogen-bond acceptors (Lipinski definition) is 3. The number of anilines is 1. The molecule has 1 aliphatic rings. The summed E-state index contributed by atoms with van der Waals surface area (Å²) in [5, 5.41) is 4.87. The number of aromatic nitrogens is 1. The van der Waals surface area contributed by atoms with Gasteiger partial charge in [0.2, 0.25) is 11.8 Å². The molecule has 1 heterocycles. The third-order valence-electron chi connectivity index (χ3n) is 5.51. The van der Waals surface area contributed by atoms with Crippen LogP contribution in [0.1, 0.15) is 24.6 Å². The molecular weight excluding hydrogens is 392 g/mol. The lowest BCUT2D eigenvalue weighted by Gasteiger charge is -2.14. The molecule has 4 aromatic rings. The fourth-order valence-corrected chi connectivity index (χ4v) is 4.80. The molecule has 3 aromatic carbocycles. The van der Waals surface area contributed by atoms with E-state index in [1.54, 1.807) is 0 Å². The molecule has 5 heteroatoms. The number of benzene rings is 3. The van der Waals surface area contributed by atoms with E-state index in [1.807, 2.05) is 72.2 Å². The van der Waals surface area contributed by atoms with E-state index in [9.17, 15) is 9.59 Å². The van der Waals surface area contributed by atoms with E-state index in [2.05, 4.69) is 17.4 Å². The molecule has 1 atom stereocenters. The van der Waals surface area contributed by atoms with Gasteiger partial charge in [-0.15, -0.1) is 11.8 Å². The molecule has 150 valence electrons. The Balaban J connectivity index is 1.42. The number of carbonyl (C=O) groups is 2. The topological polar surface area (TPSA) is 51.1 Å². The maximum absolute atomic E-state index is 13.5. The summed E-state index contributed by atoms with van der Waals surface area (Å²) in [5.41, 5.74) is 2.65. The number of rotatable bonds is 5. The SMILES string of the molecule is CC(Sc1cccc(NC(=O)C2CC2)c1)C(=O)n1c2ccccc2c2ccccc21. The van der Waals surface area contributed by atoms with Crippen molar-refractivity contribution in [3.05, 3.63) is 72.8 Å². The summed E-state index contributed by atoms with van der Waals surface area (Å²) in [5.74, 6) is 0.300. The smallest absolute Gasteiger partial charge is 0.244 e. The Morgan fingerprint density at radius 2 is 1.57 bits per heavy atom. The number of amides is 1. The molecule has 0 aliphatic heterocycles. The van der Waals surface area contributed by atoms with E-state index >= 15 is 0 Å². The van der Waals surface area contributed by atoms with Gasteiger partial charge in [0.25, 0.3) is 0 Å².